The summed E-state index contributed by atoms with van der Waals surface area (Å²) in [6.45, 7) is 7.46. The Hall–Kier alpha value is -2.44. The van der Waals surface area contributed by atoms with E-state index < -0.39 is 0 Å². The van der Waals surface area contributed by atoms with Crippen LogP contribution in [0.4, 0.5) is 5.13 Å². The Balaban J connectivity index is 1.83. The van der Waals surface area contributed by atoms with Crippen LogP contribution in [-0.2, 0) is 4.79 Å². The van der Waals surface area contributed by atoms with Gasteiger partial charge in [-0.1, -0.05) is 29.5 Å². The number of carbonyl (C=O) groups is 1. The molecule has 6 heteroatoms. The molecule has 0 N–H and O–H groups in total. The summed E-state index contributed by atoms with van der Waals surface area (Å²) >= 11 is 1.56. The average Bonchev–Trinajstić information content (AvgIpc) is 3.04. The predicted octanol–water partition coefficient (Wildman–Crippen LogP) is 4.20. The number of aryl methyl sites for hydroxylation is 3. The molecule has 0 aliphatic rings. The first-order valence-corrected chi connectivity index (χ1v) is 10.2. The molecule has 0 fully saturated rings. The van der Waals surface area contributed by atoms with Crippen LogP contribution in [0.5, 0.6) is 5.75 Å². The third-order valence-electron chi connectivity index (χ3n) is 4.47. The van der Waals surface area contributed by atoms with Gasteiger partial charge in [0.05, 0.1) is 10.2 Å². The third-order valence-corrected chi connectivity index (χ3v) is 5.50. The fraction of sp³-hybridized carbons (Fsp3) is 0.364. The van der Waals surface area contributed by atoms with Crippen LogP contribution in [-0.4, -0.2) is 49.6 Å². The second kappa shape index (κ2) is 8.71. The maximum atomic E-state index is 13.0. The summed E-state index contributed by atoms with van der Waals surface area (Å²) in [5.74, 6) is 0.619. The number of nitrogens with zero attached hydrogens (tertiary/aromatic N) is 3. The number of benzene rings is 2. The lowest BCUT2D eigenvalue weighted by atomic mass is 10.1. The van der Waals surface area contributed by atoms with Crippen molar-refractivity contribution < 1.29 is 9.53 Å². The molecule has 28 heavy (non-hydrogen) atoms. The van der Waals surface area contributed by atoms with Crippen molar-refractivity contribution in [3.05, 3.63) is 53.1 Å². The molecule has 148 valence electrons. The van der Waals surface area contributed by atoms with Crippen LogP contribution in [0.1, 0.15) is 16.7 Å². The van der Waals surface area contributed by atoms with Crippen LogP contribution < -0.4 is 9.64 Å². The van der Waals surface area contributed by atoms with Gasteiger partial charge in [-0.2, -0.15) is 0 Å². The molecule has 3 rings (SSSR count). The Kier molecular flexibility index (Phi) is 6.31. The highest BCUT2D eigenvalue weighted by Crippen LogP contribution is 2.31. The van der Waals surface area contributed by atoms with E-state index in [1.54, 1.807) is 16.2 Å². The fourth-order valence-corrected chi connectivity index (χ4v) is 4.21. The quantitative estimate of drug-likeness (QED) is 0.600. The van der Waals surface area contributed by atoms with E-state index in [2.05, 4.69) is 30.9 Å². The van der Waals surface area contributed by atoms with Crippen LogP contribution >= 0.6 is 11.3 Å². The number of fused-ring (bicyclic) bond motifs is 1. The molecule has 1 aromatic heterocycles. The van der Waals surface area contributed by atoms with E-state index >= 15 is 0 Å². The maximum absolute atomic E-state index is 13.0. The van der Waals surface area contributed by atoms with E-state index in [4.69, 9.17) is 9.72 Å². The number of thiazole rings is 1. The lowest BCUT2D eigenvalue weighted by Crippen LogP contribution is -2.39. The maximum Gasteiger partial charge on any atom is 0.266 e. The number of carbonyl (C=O) groups excluding carboxylic acids is 1. The van der Waals surface area contributed by atoms with Gasteiger partial charge >= 0.3 is 0 Å². The Morgan fingerprint density at radius 3 is 2.57 bits per heavy atom. The van der Waals surface area contributed by atoms with Crippen molar-refractivity contribution in [3.63, 3.8) is 0 Å². The first-order valence-electron chi connectivity index (χ1n) is 9.36. The van der Waals surface area contributed by atoms with Crippen molar-refractivity contribution in [2.24, 2.45) is 0 Å². The van der Waals surface area contributed by atoms with Gasteiger partial charge in [0.15, 0.2) is 11.7 Å². The van der Waals surface area contributed by atoms with Gasteiger partial charge in [-0.25, -0.2) is 4.98 Å². The van der Waals surface area contributed by atoms with Crippen LogP contribution in [0, 0.1) is 20.8 Å². The van der Waals surface area contributed by atoms with Gasteiger partial charge in [-0.15, -0.1) is 0 Å². The van der Waals surface area contributed by atoms with Gasteiger partial charge in [-0.3, -0.25) is 9.69 Å². The van der Waals surface area contributed by atoms with Gasteiger partial charge in [-0.05, 0) is 69.8 Å². The number of aromatic nitrogens is 1. The zero-order valence-corrected chi connectivity index (χ0v) is 18.0. The minimum absolute atomic E-state index is 0.00911. The largest absolute Gasteiger partial charge is 0.484 e. The van der Waals surface area contributed by atoms with E-state index in [0.717, 1.165) is 33.0 Å². The monoisotopic (exact) mass is 397 g/mol. The molecule has 0 saturated heterocycles. The average molecular weight is 398 g/mol. The van der Waals surface area contributed by atoms with Crippen molar-refractivity contribution >= 4 is 32.6 Å². The molecule has 0 radical (unpaired) electrons. The number of hydrogen-bond acceptors (Lipinski definition) is 5. The lowest BCUT2D eigenvalue weighted by molar-refractivity contribution is -0.120. The summed E-state index contributed by atoms with van der Waals surface area (Å²) in [6.07, 6.45) is 0. The molecule has 5 nitrogen and oxygen atoms in total. The normalized spacial score (nSPS) is 11.2. The molecule has 3 aromatic rings. The summed E-state index contributed by atoms with van der Waals surface area (Å²) in [4.78, 5) is 21.6. The van der Waals surface area contributed by atoms with Crippen LogP contribution in [0.15, 0.2) is 36.4 Å². The molecule has 0 saturated carbocycles. The second-order valence-corrected chi connectivity index (χ2v) is 8.39. The highest BCUT2D eigenvalue weighted by atomic mass is 32.1. The Bertz CT molecular complexity index is 981. The molecule has 0 unspecified atom stereocenters. The van der Waals surface area contributed by atoms with Crippen molar-refractivity contribution in [1.29, 1.82) is 0 Å². The molecule has 2 aromatic carbocycles. The van der Waals surface area contributed by atoms with E-state index in [1.807, 2.05) is 45.3 Å². The first-order chi connectivity index (χ1) is 13.3. The van der Waals surface area contributed by atoms with Crippen LogP contribution in [0.25, 0.3) is 10.2 Å². The SMILES string of the molecule is Cc1cccc(OCC(=O)N(CCN(C)C)c2nc3c(C)cc(C)cc3s2)c1. The number of hydrogen-bond donors (Lipinski definition) is 0. The highest BCUT2D eigenvalue weighted by Gasteiger charge is 2.21. The smallest absolute Gasteiger partial charge is 0.266 e. The summed E-state index contributed by atoms with van der Waals surface area (Å²) < 4.78 is 6.85. The van der Waals surface area contributed by atoms with Crippen molar-refractivity contribution in [2.45, 2.75) is 20.8 Å². The summed E-state index contributed by atoms with van der Waals surface area (Å²) in [5, 5.41) is 0.725. The van der Waals surface area contributed by atoms with Gasteiger partial charge in [0.25, 0.3) is 5.91 Å². The standard InChI is InChI=1S/C22H27N3O2S/c1-15-7-6-8-18(12-15)27-14-20(26)25(10-9-24(4)5)22-23-21-17(3)11-16(2)13-19(21)28-22/h6-8,11-13H,9-10,14H2,1-5H3. The number of rotatable bonds is 7. The Morgan fingerprint density at radius 1 is 1.07 bits per heavy atom. The van der Waals surface area contributed by atoms with Crippen molar-refractivity contribution in [2.75, 3.05) is 38.7 Å². The van der Waals surface area contributed by atoms with Crippen molar-refractivity contribution in [3.8, 4) is 5.75 Å². The Morgan fingerprint density at radius 2 is 1.86 bits per heavy atom. The van der Waals surface area contributed by atoms with Crippen LogP contribution in [0.2, 0.25) is 0 Å². The number of amides is 1. The fourth-order valence-electron chi connectivity index (χ4n) is 3.03. The van der Waals surface area contributed by atoms with Gasteiger partial charge in [0.2, 0.25) is 0 Å². The van der Waals surface area contributed by atoms with E-state index in [1.165, 1.54) is 5.56 Å². The lowest BCUT2D eigenvalue weighted by Gasteiger charge is -2.22. The zero-order valence-electron chi connectivity index (χ0n) is 17.2. The van der Waals surface area contributed by atoms with Gasteiger partial charge in [0.1, 0.15) is 5.75 Å². The van der Waals surface area contributed by atoms with Gasteiger partial charge in [0, 0.05) is 13.1 Å². The molecule has 0 spiro atoms. The molecular formula is C22H27N3O2S. The molecule has 0 aliphatic carbocycles. The molecule has 0 bridgehead atoms. The minimum atomic E-state index is -0.0863. The van der Waals surface area contributed by atoms with E-state index in [9.17, 15) is 4.79 Å². The third kappa shape index (κ3) is 4.88. The zero-order chi connectivity index (χ0) is 20.3. The topological polar surface area (TPSA) is 45.7 Å². The molecule has 0 atom stereocenters. The summed E-state index contributed by atoms with van der Waals surface area (Å²) in [7, 11) is 4.00. The molecule has 1 heterocycles. The first kappa shape index (κ1) is 20.3. The summed E-state index contributed by atoms with van der Waals surface area (Å²) in [6, 6.07) is 12.0. The predicted molar refractivity (Wildman–Crippen MR) is 117 cm³/mol. The summed E-state index contributed by atoms with van der Waals surface area (Å²) in [5.41, 5.74) is 4.40. The van der Waals surface area contributed by atoms with E-state index in [-0.39, 0.29) is 12.5 Å². The van der Waals surface area contributed by atoms with Crippen LogP contribution in [0.3, 0.4) is 0 Å². The minimum Gasteiger partial charge on any atom is -0.484 e. The van der Waals surface area contributed by atoms with Gasteiger partial charge < -0.3 is 9.64 Å². The number of anilines is 1. The van der Waals surface area contributed by atoms with Crippen molar-refractivity contribution in [1.82, 2.24) is 9.88 Å². The Labute approximate surface area is 170 Å². The highest BCUT2D eigenvalue weighted by molar-refractivity contribution is 7.22. The second-order valence-electron chi connectivity index (χ2n) is 7.38. The molecule has 1 amide bonds. The number of ether oxygens (including phenoxy) is 1. The molecular weight excluding hydrogens is 370 g/mol. The number of likely N-dealkylation sites (N-methyl/N-ethyl adjacent to an activating group) is 1. The molecule has 0 aliphatic heterocycles. The van der Waals surface area contributed by atoms with E-state index in [0.29, 0.717) is 12.3 Å².